The van der Waals surface area contributed by atoms with Crippen LogP contribution in [0, 0.1) is 6.92 Å². The number of carbonyl (C=O) groups is 3. The van der Waals surface area contributed by atoms with E-state index in [0.29, 0.717) is 24.4 Å². The number of amides is 2. The Morgan fingerprint density at radius 3 is 2.42 bits per heavy atom. The lowest BCUT2D eigenvalue weighted by Gasteiger charge is -2.26. The third-order valence-electron chi connectivity index (χ3n) is 5.30. The highest BCUT2D eigenvalue weighted by atomic mass is 32.2. The van der Waals surface area contributed by atoms with Gasteiger partial charge in [-0.05, 0) is 49.6 Å². The predicted octanol–water partition coefficient (Wildman–Crippen LogP) is 2.29. The number of piperidine rings is 1. The molecule has 33 heavy (non-hydrogen) atoms. The molecule has 0 radical (unpaired) electrons. The molecule has 3 rings (SSSR count). The van der Waals surface area contributed by atoms with Gasteiger partial charge in [0.15, 0.2) is 6.61 Å². The summed E-state index contributed by atoms with van der Waals surface area (Å²) in [5.74, 6) is -2.10. The number of esters is 1. The van der Waals surface area contributed by atoms with Gasteiger partial charge in [0.2, 0.25) is 10.0 Å². The Bertz CT molecular complexity index is 1160. The van der Waals surface area contributed by atoms with Crippen LogP contribution in [0.25, 0.3) is 0 Å². The van der Waals surface area contributed by atoms with Crippen molar-refractivity contribution < 1.29 is 32.3 Å². The number of methoxy groups -OCH3 is 1. The molecule has 1 heterocycles. The summed E-state index contributed by atoms with van der Waals surface area (Å²) in [7, 11) is -2.34. The summed E-state index contributed by atoms with van der Waals surface area (Å²) < 4.78 is 37.5. The molecule has 0 bridgehead atoms. The Morgan fingerprint density at radius 1 is 1.03 bits per heavy atom. The summed E-state index contributed by atoms with van der Waals surface area (Å²) in [6, 6.07) is 10.6. The van der Waals surface area contributed by atoms with Crippen molar-refractivity contribution in [1.29, 1.82) is 0 Å². The number of ether oxygens (including phenoxy) is 2. The first kappa shape index (κ1) is 24.4. The van der Waals surface area contributed by atoms with E-state index in [1.807, 2.05) is 0 Å². The number of nitrogens with one attached hydrogen (secondary N) is 1. The molecule has 1 aliphatic rings. The first-order chi connectivity index (χ1) is 15.7. The van der Waals surface area contributed by atoms with E-state index in [0.717, 1.165) is 19.3 Å². The number of sulfonamides is 1. The first-order valence-electron chi connectivity index (χ1n) is 10.5. The van der Waals surface area contributed by atoms with Crippen LogP contribution >= 0.6 is 0 Å². The smallest absolute Gasteiger partial charge is 0.338 e. The second kappa shape index (κ2) is 10.6. The highest BCUT2D eigenvalue weighted by molar-refractivity contribution is 7.89. The maximum absolute atomic E-state index is 13.0. The molecular weight excluding hydrogens is 448 g/mol. The van der Waals surface area contributed by atoms with Gasteiger partial charge in [-0.25, -0.2) is 13.2 Å². The molecule has 0 atom stereocenters. The minimum absolute atomic E-state index is 0.0000366. The van der Waals surface area contributed by atoms with Crippen LogP contribution in [0.15, 0.2) is 47.4 Å². The lowest BCUT2D eigenvalue weighted by molar-refractivity contribution is -0.123. The highest BCUT2D eigenvalue weighted by Gasteiger charge is 2.28. The van der Waals surface area contributed by atoms with E-state index >= 15 is 0 Å². The molecule has 0 unspecified atom stereocenters. The molecule has 0 aliphatic carbocycles. The summed E-state index contributed by atoms with van der Waals surface area (Å²) in [4.78, 5) is 36.9. The number of hydrogen-bond donors (Lipinski definition) is 1. The maximum Gasteiger partial charge on any atom is 0.338 e. The standard InChI is InChI=1S/C23H26N2O7S/c1-16-10-11-17(14-20(16)33(29,30)25-12-6-3-7-13-25)23(28)32-15-21(26)24-22(27)18-8-4-5-9-19(18)31-2/h4-5,8-11,14H,3,6-7,12-13,15H2,1-2H3,(H,24,26,27). The number of hydrogen-bond acceptors (Lipinski definition) is 7. The molecule has 10 heteroatoms. The number of para-hydroxylation sites is 1. The second-order valence-corrected chi connectivity index (χ2v) is 9.51. The molecule has 1 aliphatic heterocycles. The monoisotopic (exact) mass is 474 g/mol. The van der Waals surface area contributed by atoms with Crippen molar-refractivity contribution in [2.24, 2.45) is 0 Å². The lowest BCUT2D eigenvalue weighted by Crippen LogP contribution is -2.36. The van der Waals surface area contributed by atoms with Crippen LogP contribution in [0.3, 0.4) is 0 Å². The number of carbonyl (C=O) groups excluding carboxylic acids is 3. The van der Waals surface area contributed by atoms with E-state index in [4.69, 9.17) is 9.47 Å². The zero-order chi connectivity index (χ0) is 24.0. The highest BCUT2D eigenvalue weighted by Crippen LogP contribution is 2.24. The zero-order valence-corrected chi connectivity index (χ0v) is 19.3. The molecule has 2 aromatic rings. The Balaban J connectivity index is 1.65. The van der Waals surface area contributed by atoms with E-state index < -0.39 is 34.4 Å². The Hall–Kier alpha value is -3.24. The summed E-state index contributed by atoms with van der Waals surface area (Å²) >= 11 is 0. The average molecular weight is 475 g/mol. The number of benzene rings is 2. The number of aryl methyl sites for hydroxylation is 1. The Morgan fingerprint density at radius 2 is 1.73 bits per heavy atom. The fourth-order valence-corrected chi connectivity index (χ4v) is 5.29. The van der Waals surface area contributed by atoms with Gasteiger partial charge in [0.1, 0.15) is 5.75 Å². The minimum atomic E-state index is -3.74. The largest absolute Gasteiger partial charge is 0.496 e. The van der Waals surface area contributed by atoms with Crippen LogP contribution in [0.5, 0.6) is 5.75 Å². The topological polar surface area (TPSA) is 119 Å². The van der Waals surface area contributed by atoms with Gasteiger partial charge in [-0.1, -0.05) is 24.6 Å². The third-order valence-corrected chi connectivity index (χ3v) is 7.34. The van der Waals surface area contributed by atoms with Crippen LogP contribution in [0.1, 0.15) is 45.5 Å². The molecule has 176 valence electrons. The zero-order valence-electron chi connectivity index (χ0n) is 18.5. The molecule has 2 aromatic carbocycles. The van der Waals surface area contributed by atoms with Crippen LogP contribution in [0.2, 0.25) is 0 Å². The van der Waals surface area contributed by atoms with Crippen LogP contribution in [-0.4, -0.2) is 57.3 Å². The Labute approximate surface area is 192 Å². The molecule has 0 saturated carbocycles. The van der Waals surface area contributed by atoms with Gasteiger partial charge in [-0.15, -0.1) is 0 Å². The molecule has 1 N–H and O–H groups in total. The van der Waals surface area contributed by atoms with Crippen LogP contribution in [0.4, 0.5) is 0 Å². The normalized spacial score (nSPS) is 14.4. The molecule has 1 saturated heterocycles. The van der Waals surface area contributed by atoms with Gasteiger partial charge in [0.05, 0.1) is 23.1 Å². The van der Waals surface area contributed by atoms with Crippen LogP contribution < -0.4 is 10.1 Å². The van der Waals surface area contributed by atoms with E-state index in [-0.39, 0.29) is 16.0 Å². The SMILES string of the molecule is COc1ccccc1C(=O)NC(=O)COC(=O)c1ccc(C)c(S(=O)(=O)N2CCCCC2)c1. The minimum Gasteiger partial charge on any atom is -0.496 e. The number of nitrogens with zero attached hydrogens (tertiary/aromatic N) is 1. The molecule has 2 amide bonds. The van der Waals surface area contributed by atoms with E-state index in [1.54, 1.807) is 25.1 Å². The number of imide groups is 1. The summed E-state index contributed by atoms with van der Waals surface area (Å²) in [6.07, 6.45) is 2.57. The van der Waals surface area contributed by atoms with Crippen molar-refractivity contribution >= 4 is 27.8 Å². The fourth-order valence-electron chi connectivity index (χ4n) is 3.53. The third kappa shape index (κ3) is 5.77. The van der Waals surface area contributed by atoms with Crippen molar-refractivity contribution in [3.63, 3.8) is 0 Å². The molecule has 1 fully saturated rings. The van der Waals surface area contributed by atoms with Gasteiger partial charge >= 0.3 is 5.97 Å². The van der Waals surface area contributed by atoms with Gasteiger partial charge in [-0.2, -0.15) is 4.31 Å². The molecule has 0 spiro atoms. The van der Waals surface area contributed by atoms with Crippen molar-refractivity contribution in [1.82, 2.24) is 9.62 Å². The molecular formula is C23H26N2O7S. The van der Waals surface area contributed by atoms with Gasteiger partial charge in [0.25, 0.3) is 11.8 Å². The van der Waals surface area contributed by atoms with E-state index in [2.05, 4.69) is 5.32 Å². The lowest BCUT2D eigenvalue weighted by atomic mass is 10.1. The van der Waals surface area contributed by atoms with Crippen LogP contribution in [-0.2, 0) is 19.6 Å². The Kier molecular flexibility index (Phi) is 7.83. The van der Waals surface area contributed by atoms with Gasteiger partial charge in [0, 0.05) is 13.1 Å². The van der Waals surface area contributed by atoms with E-state index in [9.17, 15) is 22.8 Å². The van der Waals surface area contributed by atoms with E-state index in [1.165, 1.54) is 35.7 Å². The maximum atomic E-state index is 13.0. The second-order valence-electron chi connectivity index (χ2n) is 7.60. The summed E-state index contributed by atoms with van der Waals surface area (Å²) in [6.45, 7) is 1.83. The fraction of sp³-hybridized carbons (Fsp3) is 0.348. The van der Waals surface area contributed by atoms with Crippen molar-refractivity contribution in [2.75, 3.05) is 26.8 Å². The summed E-state index contributed by atoms with van der Waals surface area (Å²) in [5.41, 5.74) is 0.670. The predicted molar refractivity (Wildman–Crippen MR) is 120 cm³/mol. The quantitative estimate of drug-likeness (QED) is 0.612. The van der Waals surface area contributed by atoms with Crippen molar-refractivity contribution in [3.8, 4) is 5.75 Å². The van der Waals surface area contributed by atoms with Crippen molar-refractivity contribution in [3.05, 3.63) is 59.2 Å². The van der Waals surface area contributed by atoms with Gasteiger partial charge < -0.3 is 9.47 Å². The number of rotatable bonds is 7. The first-order valence-corrected chi connectivity index (χ1v) is 11.9. The average Bonchev–Trinajstić information content (AvgIpc) is 2.83. The summed E-state index contributed by atoms with van der Waals surface area (Å²) in [5, 5.41) is 2.13. The van der Waals surface area contributed by atoms with Gasteiger partial charge in [-0.3, -0.25) is 14.9 Å². The van der Waals surface area contributed by atoms with Crippen molar-refractivity contribution in [2.45, 2.75) is 31.1 Å². The molecule has 9 nitrogen and oxygen atoms in total. The molecule has 0 aromatic heterocycles.